The summed E-state index contributed by atoms with van der Waals surface area (Å²) < 4.78 is 0. The molecule has 0 spiro atoms. The zero-order chi connectivity index (χ0) is 17.8. The van der Waals surface area contributed by atoms with E-state index >= 15 is 0 Å². The summed E-state index contributed by atoms with van der Waals surface area (Å²) in [5.41, 5.74) is 2.83. The maximum atomic E-state index is 4.82. The minimum atomic E-state index is 0.479. The Morgan fingerprint density at radius 2 is 1.73 bits per heavy atom. The number of likely N-dealkylation sites (N-methyl/N-ethyl adjacent to an activating group) is 1. The van der Waals surface area contributed by atoms with Gasteiger partial charge >= 0.3 is 0 Å². The Morgan fingerprint density at radius 1 is 0.923 bits per heavy atom. The first-order chi connectivity index (χ1) is 12.8. The molecule has 0 radical (unpaired) electrons. The summed E-state index contributed by atoms with van der Waals surface area (Å²) in [5.74, 6) is 1.21. The fourth-order valence-electron chi connectivity index (χ4n) is 4.30. The van der Waals surface area contributed by atoms with Gasteiger partial charge in [-0.25, -0.2) is 4.98 Å². The Labute approximate surface area is 157 Å². The molecule has 2 aliphatic heterocycles. The van der Waals surface area contributed by atoms with Gasteiger partial charge in [-0.1, -0.05) is 42.8 Å². The molecule has 4 heteroatoms. The van der Waals surface area contributed by atoms with Crippen LogP contribution in [0.2, 0.25) is 0 Å². The fourth-order valence-corrected chi connectivity index (χ4v) is 4.30. The van der Waals surface area contributed by atoms with Gasteiger partial charge in [0.1, 0.15) is 5.82 Å². The van der Waals surface area contributed by atoms with Crippen molar-refractivity contribution in [1.29, 1.82) is 0 Å². The van der Waals surface area contributed by atoms with Gasteiger partial charge in [0.25, 0.3) is 0 Å². The van der Waals surface area contributed by atoms with Gasteiger partial charge in [-0.2, -0.15) is 0 Å². The minimum absolute atomic E-state index is 0.479. The largest absolute Gasteiger partial charge is 0.354 e. The number of benzene rings is 1. The van der Waals surface area contributed by atoms with Gasteiger partial charge in [0.05, 0.1) is 0 Å². The lowest BCUT2D eigenvalue weighted by atomic mass is 9.94. The van der Waals surface area contributed by atoms with E-state index in [0.717, 1.165) is 32.7 Å². The minimum Gasteiger partial charge on any atom is -0.354 e. The number of piperidine rings is 1. The SMILES string of the molecule is CN1CCN(c2ncccc2[C@H]2CCCCN2Cc2ccccc2)CC1. The molecule has 4 nitrogen and oxygen atoms in total. The maximum absolute atomic E-state index is 4.82. The standard InChI is InChI=1S/C22H30N4/c1-24-14-16-25(17-15-24)22-20(10-7-12-23-22)21-11-5-6-13-26(21)18-19-8-3-2-4-9-19/h2-4,7-10,12,21H,5-6,11,13-18H2,1H3/t21-/m1/s1. The first-order valence-electron chi connectivity index (χ1n) is 9.97. The molecule has 0 amide bonds. The van der Waals surface area contributed by atoms with Crippen LogP contribution in [0.15, 0.2) is 48.7 Å². The fraction of sp³-hybridized carbons (Fsp3) is 0.500. The van der Waals surface area contributed by atoms with Gasteiger partial charge in [-0.3, -0.25) is 4.90 Å². The van der Waals surface area contributed by atoms with Gasteiger partial charge < -0.3 is 9.80 Å². The molecule has 26 heavy (non-hydrogen) atoms. The van der Waals surface area contributed by atoms with Crippen LogP contribution in [0.5, 0.6) is 0 Å². The second-order valence-corrected chi connectivity index (χ2v) is 7.67. The molecule has 2 aromatic rings. The van der Waals surface area contributed by atoms with Crippen molar-refractivity contribution >= 4 is 5.82 Å². The molecule has 1 atom stereocenters. The van der Waals surface area contributed by atoms with E-state index < -0.39 is 0 Å². The van der Waals surface area contributed by atoms with Crippen LogP contribution in [0, 0.1) is 0 Å². The highest BCUT2D eigenvalue weighted by atomic mass is 15.3. The molecule has 2 saturated heterocycles. The van der Waals surface area contributed by atoms with E-state index in [4.69, 9.17) is 4.98 Å². The summed E-state index contributed by atoms with van der Waals surface area (Å²) >= 11 is 0. The Morgan fingerprint density at radius 3 is 2.54 bits per heavy atom. The third-order valence-electron chi connectivity index (χ3n) is 5.82. The predicted octanol–water partition coefficient (Wildman–Crippen LogP) is 3.56. The number of anilines is 1. The Balaban J connectivity index is 1.58. The van der Waals surface area contributed by atoms with Crippen LogP contribution < -0.4 is 4.90 Å². The monoisotopic (exact) mass is 350 g/mol. The third kappa shape index (κ3) is 3.92. The molecule has 1 aromatic carbocycles. The van der Waals surface area contributed by atoms with Crippen molar-refractivity contribution in [2.24, 2.45) is 0 Å². The Bertz CT molecular complexity index is 694. The van der Waals surface area contributed by atoms with Gasteiger partial charge in [-0.15, -0.1) is 0 Å². The number of hydrogen-bond donors (Lipinski definition) is 0. The molecule has 0 N–H and O–H groups in total. The lowest BCUT2D eigenvalue weighted by Gasteiger charge is -2.39. The summed E-state index contributed by atoms with van der Waals surface area (Å²) in [5, 5.41) is 0. The van der Waals surface area contributed by atoms with Crippen molar-refractivity contribution in [1.82, 2.24) is 14.8 Å². The molecule has 4 rings (SSSR count). The van der Waals surface area contributed by atoms with Crippen molar-refractivity contribution in [3.8, 4) is 0 Å². The predicted molar refractivity (Wildman–Crippen MR) is 107 cm³/mol. The van der Waals surface area contributed by atoms with E-state index in [-0.39, 0.29) is 0 Å². The van der Waals surface area contributed by atoms with Crippen molar-refractivity contribution < 1.29 is 0 Å². The highest BCUT2D eigenvalue weighted by molar-refractivity contribution is 5.49. The number of likely N-dealkylation sites (tertiary alicyclic amines) is 1. The van der Waals surface area contributed by atoms with Crippen LogP contribution in [-0.2, 0) is 6.54 Å². The second-order valence-electron chi connectivity index (χ2n) is 7.67. The average molecular weight is 351 g/mol. The van der Waals surface area contributed by atoms with Crippen molar-refractivity contribution in [2.75, 3.05) is 44.7 Å². The molecule has 2 aliphatic rings. The molecule has 0 saturated carbocycles. The van der Waals surface area contributed by atoms with E-state index in [9.17, 15) is 0 Å². The quantitative estimate of drug-likeness (QED) is 0.841. The summed E-state index contributed by atoms with van der Waals surface area (Å²) in [7, 11) is 2.21. The highest BCUT2D eigenvalue weighted by Gasteiger charge is 2.28. The van der Waals surface area contributed by atoms with E-state index in [1.54, 1.807) is 0 Å². The third-order valence-corrected chi connectivity index (χ3v) is 5.82. The van der Waals surface area contributed by atoms with Gasteiger partial charge in [0, 0.05) is 50.5 Å². The zero-order valence-corrected chi connectivity index (χ0v) is 15.8. The van der Waals surface area contributed by atoms with Crippen LogP contribution in [0.1, 0.15) is 36.4 Å². The van der Waals surface area contributed by atoms with Crippen LogP contribution in [0.25, 0.3) is 0 Å². The lowest BCUT2D eigenvalue weighted by Crippen LogP contribution is -2.45. The van der Waals surface area contributed by atoms with E-state index in [1.165, 1.54) is 42.8 Å². The Hall–Kier alpha value is -1.91. The number of nitrogens with zero attached hydrogens (tertiary/aromatic N) is 4. The summed E-state index contributed by atoms with van der Waals surface area (Å²) in [6, 6.07) is 15.8. The van der Waals surface area contributed by atoms with Crippen LogP contribution in [0.4, 0.5) is 5.82 Å². The molecule has 3 heterocycles. The number of pyridine rings is 1. The summed E-state index contributed by atoms with van der Waals surface area (Å²) in [6.45, 7) is 6.60. The van der Waals surface area contributed by atoms with Gasteiger partial charge in [-0.05, 0) is 38.1 Å². The number of hydrogen-bond acceptors (Lipinski definition) is 4. The molecule has 0 unspecified atom stereocenters. The second kappa shape index (κ2) is 8.19. The van der Waals surface area contributed by atoms with Gasteiger partial charge in [0.15, 0.2) is 0 Å². The molecular formula is C22H30N4. The molecule has 0 aliphatic carbocycles. The van der Waals surface area contributed by atoms with Gasteiger partial charge in [0.2, 0.25) is 0 Å². The number of rotatable bonds is 4. The van der Waals surface area contributed by atoms with E-state index in [2.05, 4.69) is 64.2 Å². The smallest absolute Gasteiger partial charge is 0.133 e. The van der Waals surface area contributed by atoms with Crippen molar-refractivity contribution in [2.45, 2.75) is 31.8 Å². The van der Waals surface area contributed by atoms with E-state index in [0.29, 0.717) is 6.04 Å². The molecular weight excluding hydrogens is 320 g/mol. The molecule has 0 bridgehead atoms. The normalized spacial score (nSPS) is 22.5. The first-order valence-corrected chi connectivity index (χ1v) is 9.97. The zero-order valence-electron chi connectivity index (χ0n) is 15.8. The van der Waals surface area contributed by atoms with Crippen molar-refractivity contribution in [3.63, 3.8) is 0 Å². The highest BCUT2D eigenvalue weighted by Crippen LogP contribution is 2.36. The van der Waals surface area contributed by atoms with Crippen LogP contribution in [0.3, 0.4) is 0 Å². The van der Waals surface area contributed by atoms with Crippen molar-refractivity contribution in [3.05, 3.63) is 59.8 Å². The first kappa shape index (κ1) is 17.5. The summed E-state index contributed by atoms with van der Waals surface area (Å²) in [6.07, 6.45) is 5.81. The molecule has 138 valence electrons. The van der Waals surface area contributed by atoms with Crippen LogP contribution in [-0.4, -0.2) is 54.6 Å². The van der Waals surface area contributed by atoms with E-state index in [1.807, 2.05) is 6.20 Å². The average Bonchev–Trinajstić information content (AvgIpc) is 2.70. The number of piperazine rings is 1. The summed E-state index contributed by atoms with van der Waals surface area (Å²) in [4.78, 5) is 12.4. The number of aromatic nitrogens is 1. The maximum Gasteiger partial charge on any atom is 0.133 e. The van der Waals surface area contributed by atoms with Crippen LogP contribution >= 0.6 is 0 Å². The lowest BCUT2D eigenvalue weighted by molar-refractivity contribution is 0.140. The molecule has 1 aromatic heterocycles. The topological polar surface area (TPSA) is 22.6 Å². The molecule has 2 fully saturated rings. The Kier molecular flexibility index (Phi) is 5.51.